The number of nitrogens with zero attached hydrogens (tertiary/aromatic N) is 4. The predicted octanol–water partition coefficient (Wildman–Crippen LogP) is 6.14. The highest BCUT2D eigenvalue weighted by Crippen LogP contribution is 2.37. The van der Waals surface area contributed by atoms with Gasteiger partial charge in [-0.3, -0.25) is 0 Å². The molecule has 0 bridgehead atoms. The number of alkyl halides is 3. The predicted molar refractivity (Wildman–Crippen MR) is 111 cm³/mol. The van der Waals surface area contributed by atoms with Crippen LogP contribution in [0, 0.1) is 0 Å². The molecule has 7 nitrogen and oxygen atoms in total. The average molecular weight is 457 g/mol. The van der Waals surface area contributed by atoms with Crippen LogP contribution in [-0.4, -0.2) is 25.3 Å². The molecular weight excluding hydrogens is 443 g/mol. The third-order valence-electron chi connectivity index (χ3n) is 4.74. The van der Waals surface area contributed by atoms with Gasteiger partial charge in [0.05, 0.1) is 16.4 Å². The van der Waals surface area contributed by atoms with Gasteiger partial charge in [-0.25, -0.2) is 0 Å². The Labute approximate surface area is 183 Å². The third-order valence-corrected chi connectivity index (χ3v) is 5.66. The van der Waals surface area contributed by atoms with E-state index in [2.05, 4.69) is 25.3 Å². The molecular formula is C21H14F3N5O2S. The van der Waals surface area contributed by atoms with Gasteiger partial charge in [-0.1, -0.05) is 47.3 Å². The van der Waals surface area contributed by atoms with Crippen LogP contribution in [0.4, 0.5) is 13.2 Å². The highest BCUT2D eigenvalue weighted by Gasteiger charge is 2.31. The fraction of sp³-hybridized carbons (Fsp3) is 0.143. The van der Waals surface area contributed by atoms with Gasteiger partial charge in [-0.15, -0.1) is 10.2 Å². The van der Waals surface area contributed by atoms with E-state index in [9.17, 15) is 13.2 Å². The highest BCUT2D eigenvalue weighted by molar-refractivity contribution is 7.99. The fourth-order valence-corrected chi connectivity index (χ4v) is 3.88. The van der Waals surface area contributed by atoms with Gasteiger partial charge in [0, 0.05) is 22.7 Å². The monoisotopic (exact) mass is 457 g/mol. The van der Waals surface area contributed by atoms with E-state index in [1.54, 1.807) is 13.1 Å². The number of benzene rings is 2. The number of rotatable bonds is 5. The molecule has 1 atom stereocenters. The summed E-state index contributed by atoms with van der Waals surface area (Å²) in [5, 5.41) is 12.9. The number of aromatic nitrogens is 5. The first-order chi connectivity index (χ1) is 15.4. The normalized spacial score (nSPS) is 13.0. The van der Waals surface area contributed by atoms with Crippen LogP contribution >= 0.6 is 11.8 Å². The summed E-state index contributed by atoms with van der Waals surface area (Å²) >= 11 is 1.21. The number of aromatic amines is 1. The van der Waals surface area contributed by atoms with Gasteiger partial charge in [0.25, 0.3) is 11.1 Å². The Hall–Kier alpha value is -3.60. The minimum Gasteiger partial charge on any atom is -0.411 e. The van der Waals surface area contributed by atoms with E-state index in [-0.39, 0.29) is 22.5 Å². The van der Waals surface area contributed by atoms with Crippen molar-refractivity contribution in [3.05, 3.63) is 66.2 Å². The standard InChI is InChI=1S/C21H14F3N5O2S/c1-11(18-26-17(29-31-18)12-5-4-6-13(9-12)21(22,23)24)32-20-28-27-19(30-20)15-10-25-16-8-3-2-7-14(15)16/h2-11,25H,1H3. The lowest BCUT2D eigenvalue weighted by Crippen LogP contribution is -2.04. The van der Waals surface area contributed by atoms with Crippen molar-refractivity contribution in [3.63, 3.8) is 0 Å². The summed E-state index contributed by atoms with van der Waals surface area (Å²) in [5.41, 5.74) is 1.18. The molecule has 1 unspecified atom stereocenters. The molecule has 0 spiro atoms. The number of hydrogen-bond acceptors (Lipinski definition) is 7. The molecule has 0 fully saturated rings. The van der Waals surface area contributed by atoms with Crippen LogP contribution in [0.25, 0.3) is 33.7 Å². The summed E-state index contributed by atoms with van der Waals surface area (Å²) in [5.74, 6) is 0.671. The number of H-pyrrole nitrogens is 1. The lowest BCUT2D eigenvalue weighted by Gasteiger charge is -2.06. The smallest absolute Gasteiger partial charge is 0.411 e. The van der Waals surface area contributed by atoms with E-state index in [0.717, 1.165) is 28.6 Å². The molecule has 3 heterocycles. The molecule has 0 saturated carbocycles. The van der Waals surface area contributed by atoms with E-state index in [1.807, 2.05) is 24.3 Å². The Morgan fingerprint density at radius 2 is 1.91 bits per heavy atom. The zero-order valence-corrected chi connectivity index (χ0v) is 17.2. The summed E-state index contributed by atoms with van der Waals surface area (Å²) in [6.07, 6.45) is -2.65. The number of hydrogen-bond donors (Lipinski definition) is 1. The quantitative estimate of drug-likeness (QED) is 0.317. The van der Waals surface area contributed by atoms with Crippen LogP contribution in [0.3, 0.4) is 0 Å². The number of fused-ring (bicyclic) bond motifs is 1. The van der Waals surface area contributed by atoms with Gasteiger partial charge in [-0.2, -0.15) is 18.2 Å². The van der Waals surface area contributed by atoms with Crippen molar-refractivity contribution in [2.75, 3.05) is 0 Å². The summed E-state index contributed by atoms with van der Waals surface area (Å²) < 4.78 is 49.9. The molecule has 0 radical (unpaired) electrons. The maximum absolute atomic E-state index is 13.0. The van der Waals surface area contributed by atoms with Crippen LogP contribution < -0.4 is 0 Å². The molecule has 2 aromatic carbocycles. The van der Waals surface area contributed by atoms with Crippen LogP contribution in [0.1, 0.15) is 23.6 Å². The van der Waals surface area contributed by atoms with Crippen LogP contribution in [0.5, 0.6) is 0 Å². The van der Waals surface area contributed by atoms with Gasteiger partial charge in [-0.05, 0) is 25.1 Å². The van der Waals surface area contributed by atoms with Gasteiger partial charge >= 0.3 is 6.18 Å². The SMILES string of the molecule is CC(Sc1nnc(-c2c[nH]c3ccccc23)o1)c1nc(-c2cccc(C(F)(F)F)c2)no1. The number of para-hydroxylation sites is 1. The molecule has 1 N–H and O–H groups in total. The van der Waals surface area contributed by atoms with Gasteiger partial charge in [0.15, 0.2) is 0 Å². The van der Waals surface area contributed by atoms with Gasteiger partial charge < -0.3 is 13.9 Å². The van der Waals surface area contributed by atoms with Crippen LogP contribution in [0.15, 0.2) is 68.9 Å². The first kappa shape index (κ1) is 20.3. The molecule has 3 aromatic heterocycles. The zero-order chi connectivity index (χ0) is 22.3. The van der Waals surface area contributed by atoms with Crippen molar-refractivity contribution in [3.8, 4) is 22.8 Å². The van der Waals surface area contributed by atoms with Crippen LogP contribution in [-0.2, 0) is 6.18 Å². The molecule has 5 rings (SSSR count). The van der Waals surface area contributed by atoms with Crippen molar-refractivity contribution in [2.45, 2.75) is 23.6 Å². The number of thioether (sulfide) groups is 1. The van der Waals surface area contributed by atoms with Crippen LogP contribution in [0.2, 0.25) is 0 Å². The zero-order valence-electron chi connectivity index (χ0n) is 16.4. The van der Waals surface area contributed by atoms with Gasteiger partial charge in [0.1, 0.15) is 0 Å². The van der Waals surface area contributed by atoms with Crippen molar-refractivity contribution in [1.82, 2.24) is 25.3 Å². The molecule has 11 heteroatoms. The number of nitrogens with one attached hydrogen (secondary N) is 1. The average Bonchev–Trinajstić information content (AvgIpc) is 3.52. The van der Waals surface area contributed by atoms with Crippen molar-refractivity contribution in [1.29, 1.82) is 0 Å². The molecule has 162 valence electrons. The summed E-state index contributed by atoms with van der Waals surface area (Å²) in [4.78, 5) is 7.39. The van der Waals surface area contributed by atoms with E-state index in [4.69, 9.17) is 8.94 Å². The Bertz CT molecular complexity index is 1390. The van der Waals surface area contributed by atoms with E-state index < -0.39 is 11.7 Å². The molecule has 0 aliphatic rings. The maximum Gasteiger partial charge on any atom is 0.416 e. The Balaban J connectivity index is 1.34. The number of halogens is 3. The molecule has 0 amide bonds. The van der Waals surface area contributed by atoms with E-state index >= 15 is 0 Å². The van der Waals surface area contributed by atoms with Crippen molar-refractivity contribution >= 4 is 22.7 Å². The molecule has 5 aromatic rings. The Morgan fingerprint density at radius 1 is 1.06 bits per heavy atom. The Morgan fingerprint density at radius 3 is 2.75 bits per heavy atom. The summed E-state index contributed by atoms with van der Waals surface area (Å²) in [6.45, 7) is 1.80. The second-order valence-electron chi connectivity index (χ2n) is 6.92. The third kappa shape index (κ3) is 3.86. The van der Waals surface area contributed by atoms with Gasteiger partial charge in [0.2, 0.25) is 11.7 Å². The summed E-state index contributed by atoms with van der Waals surface area (Å²) in [7, 11) is 0. The van der Waals surface area contributed by atoms with Crippen molar-refractivity contribution in [2.24, 2.45) is 0 Å². The summed E-state index contributed by atoms with van der Waals surface area (Å²) in [6, 6.07) is 12.5. The molecule has 0 aliphatic carbocycles. The minimum absolute atomic E-state index is 0.0727. The highest BCUT2D eigenvalue weighted by atomic mass is 32.2. The van der Waals surface area contributed by atoms with E-state index in [0.29, 0.717) is 11.1 Å². The topological polar surface area (TPSA) is 93.6 Å². The lowest BCUT2D eigenvalue weighted by atomic mass is 10.1. The van der Waals surface area contributed by atoms with E-state index in [1.165, 1.54) is 23.9 Å². The molecule has 0 aliphatic heterocycles. The largest absolute Gasteiger partial charge is 0.416 e. The lowest BCUT2D eigenvalue weighted by molar-refractivity contribution is -0.137. The minimum atomic E-state index is -4.45. The maximum atomic E-state index is 13.0. The van der Waals surface area contributed by atoms with Crippen molar-refractivity contribution < 1.29 is 22.1 Å². The second kappa shape index (κ2) is 7.83. The first-order valence-corrected chi connectivity index (χ1v) is 10.3. The molecule has 0 saturated heterocycles. The second-order valence-corrected chi connectivity index (χ2v) is 8.21. The Kier molecular flexibility index (Phi) is 4.97. The fourth-order valence-electron chi connectivity index (χ4n) is 3.17. The molecule has 32 heavy (non-hydrogen) atoms. The first-order valence-electron chi connectivity index (χ1n) is 9.46.